The first-order valence-electron chi connectivity index (χ1n) is 7.66. The fourth-order valence-corrected chi connectivity index (χ4v) is 3.14. The Kier molecular flexibility index (Phi) is 4.36. The van der Waals surface area contributed by atoms with E-state index in [4.69, 9.17) is 35.4 Å². The largest absolute Gasteiger partial charge is 0.267 e. The molecule has 0 radical (unpaired) electrons. The van der Waals surface area contributed by atoms with E-state index in [-0.39, 0.29) is 0 Å². The zero-order chi connectivity index (χ0) is 18.3. The number of hydrogen-bond acceptors (Lipinski definition) is 4. The highest BCUT2D eigenvalue weighted by molar-refractivity contribution is 7.71. The van der Waals surface area contributed by atoms with E-state index >= 15 is 0 Å². The molecule has 130 valence electrons. The van der Waals surface area contributed by atoms with E-state index in [1.54, 1.807) is 21.4 Å². The second-order valence-electron chi connectivity index (χ2n) is 5.58. The van der Waals surface area contributed by atoms with Gasteiger partial charge in [0, 0.05) is 10.0 Å². The van der Waals surface area contributed by atoms with Gasteiger partial charge in [0.25, 0.3) is 0 Å². The van der Waals surface area contributed by atoms with Crippen molar-refractivity contribution in [3.8, 4) is 22.9 Å². The molecule has 26 heavy (non-hydrogen) atoms. The minimum Gasteiger partial charge on any atom is -0.267 e. The normalized spacial score (nSPS) is 11.0. The van der Waals surface area contributed by atoms with Gasteiger partial charge in [-0.15, -0.1) is 5.10 Å². The van der Waals surface area contributed by atoms with Crippen molar-refractivity contribution in [3.05, 3.63) is 69.0 Å². The van der Waals surface area contributed by atoms with Crippen LogP contribution in [0.2, 0.25) is 10.0 Å². The smallest absolute Gasteiger partial charge is 0.200 e. The molecule has 0 fully saturated rings. The van der Waals surface area contributed by atoms with Crippen molar-refractivity contribution in [1.29, 1.82) is 0 Å². The molecular weight excluding hydrogens is 391 g/mol. The maximum Gasteiger partial charge on any atom is 0.200 e. The Morgan fingerprint density at radius 3 is 2.12 bits per heavy atom. The van der Waals surface area contributed by atoms with E-state index in [1.807, 2.05) is 43.3 Å². The lowest BCUT2D eigenvalue weighted by Gasteiger charge is -2.06. The minimum atomic E-state index is 0.461. The molecule has 2 heterocycles. The molecule has 9 heteroatoms. The van der Waals surface area contributed by atoms with Crippen LogP contribution in [-0.2, 0) is 0 Å². The van der Waals surface area contributed by atoms with Gasteiger partial charge in [-0.05, 0) is 67.7 Å². The Bertz CT molecular complexity index is 1130. The molecule has 0 unspecified atom stereocenters. The first-order valence-corrected chi connectivity index (χ1v) is 8.83. The number of rotatable bonds is 3. The number of benzene rings is 2. The Morgan fingerprint density at radius 2 is 1.50 bits per heavy atom. The molecule has 0 aliphatic rings. The minimum absolute atomic E-state index is 0.461. The molecule has 4 aromatic rings. The van der Waals surface area contributed by atoms with Gasteiger partial charge in [-0.1, -0.05) is 28.4 Å². The van der Waals surface area contributed by atoms with E-state index in [2.05, 4.69) is 20.5 Å². The molecule has 0 amide bonds. The number of aromatic nitrogens is 6. The predicted octanol–water partition coefficient (Wildman–Crippen LogP) is 4.79. The molecule has 0 atom stereocenters. The quantitative estimate of drug-likeness (QED) is 0.500. The van der Waals surface area contributed by atoms with Crippen molar-refractivity contribution in [2.24, 2.45) is 0 Å². The number of halogens is 2. The van der Waals surface area contributed by atoms with Crippen LogP contribution in [0.3, 0.4) is 0 Å². The molecule has 0 spiro atoms. The van der Waals surface area contributed by atoms with Crippen molar-refractivity contribution in [2.45, 2.75) is 6.92 Å². The monoisotopic (exact) mass is 402 g/mol. The summed E-state index contributed by atoms with van der Waals surface area (Å²) in [5.41, 5.74) is 3.15. The summed E-state index contributed by atoms with van der Waals surface area (Å²) < 4.78 is 3.99. The second kappa shape index (κ2) is 6.68. The maximum absolute atomic E-state index is 5.98. The molecule has 4 rings (SSSR count). The van der Waals surface area contributed by atoms with Crippen LogP contribution in [-0.4, -0.2) is 29.8 Å². The molecule has 0 aliphatic carbocycles. The van der Waals surface area contributed by atoms with Gasteiger partial charge >= 0.3 is 0 Å². The lowest BCUT2D eigenvalue weighted by molar-refractivity contribution is 0.785. The van der Waals surface area contributed by atoms with Crippen LogP contribution < -0.4 is 0 Å². The third kappa shape index (κ3) is 2.94. The number of nitrogens with zero attached hydrogens (tertiary/aromatic N) is 5. The Labute approximate surface area is 164 Å². The average Bonchev–Trinajstić information content (AvgIpc) is 3.19. The number of aromatic amines is 1. The fourth-order valence-electron chi connectivity index (χ4n) is 2.65. The molecule has 2 aromatic heterocycles. The highest BCUT2D eigenvalue weighted by atomic mass is 35.5. The van der Waals surface area contributed by atoms with E-state index in [9.17, 15) is 0 Å². The maximum atomic E-state index is 5.98. The molecule has 0 aliphatic heterocycles. The lowest BCUT2D eigenvalue weighted by Crippen LogP contribution is -2.01. The lowest BCUT2D eigenvalue weighted by atomic mass is 10.2. The first kappa shape index (κ1) is 17.0. The SMILES string of the molecule is Cc1c(-c2n[nH]c(=S)n2-c2ccc(Cl)cc2)nnn1-c1ccc(Cl)cc1. The van der Waals surface area contributed by atoms with Crippen LogP contribution in [0, 0.1) is 11.7 Å². The third-order valence-corrected chi connectivity index (χ3v) is 4.71. The van der Waals surface area contributed by atoms with Gasteiger partial charge in [-0.25, -0.2) is 4.68 Å². The average molecular weight is 403 g/mol. The summed E-state index contributed by atoms with van der Waals surface area (Å²) in [4.78, 5) is 0. The summed E-state index contributed by atoms with van der Waals surface area (Å²) >= 11 is 17.3. The second-order valence-corrected chi connectivity index (χ2v) is 6.84. The predicted molar refractivity (Wildman–Crippen MR) is 104 cm³/mol. The molecule has 0 bridgehead atoms. The summed E-state index contributed by atoms with van der Waals surface area (Å²) in [6, 6.07) is 14.7. The summed E-state index contributed by atoms with van der Waals surface area (Å²) in [6.07, 6.45) is 0. The summed E-state index contributed by atoms with van der Waals surface area (Å²) in [7, 11) is 0. The molecule has 2 aromatic carbocycles. The molecular formula is C17H12Cl2N6S. The highest BCUT2D eigenvalue weighted by Crippen LogP contribution is 2.25. The Hall–Kier alpha value is -2.48. The number of nitrogens with one attached hydrogen (secondary N) is 1. The standard InChI is InChI=1S/C17H12Cl2N6S/c1-10-15(20-23-25(10)14-8-4-12(19)5-9-14)16-21-22-17(26)24(16)13-6-2-11(18)3-7-13/h2-9H,1H3,(H,22,26). The third-order valence-electron chi connectivity index (χ3n) is 3.93. The van der Waals surface area contributed by atoms with Crippen molar-refractivity contribution < 1.29 is 0 Å². The van der Waals surface area contributed by atoms with Crippen LogP contribution in [0.15, 0.2) is 48.5 Å². The van der Waals surface area contributed by atoms with Crippen LogP contribution in [0.4, 0.5) is 0 Å². The highest BCUT2D eigenvalue weighted by Gasteiger charge is 2.19. The van der Waals surface area contributed by atoms with Crippen molar-refractivity contribution in [3.63, 3.8) is 0 Å². The zero-order valence-electron chi connectivity index (χ0n) is 13.5. The number of hydrogen-bond donors (Lipinski definition) is 1. The van der Waals surface area contributed by atoms with Gasteiger partial charge in [-0.2, -0.15) is 5.10 Å². The van der Waals surface area contributed by atoms with Crippen LogP contribution in [0.25, 0.3) is 22.9 Å². The Morgan fingerprint density at radius 1 is 0.923 bits per heavy atom. The van der Waals surface area contributed by atoms with Crippen molar-refractivity contribution in [2.75, 3.05) is 0 Å². The van der Waals surface area contributed by atoms with E-state index < -0.39 is 0 Å². The Balaban J connectivity index is 1.84. The molecule has 1 N–H and O–H groups in total. The number of H-pyrrole nitrogens is 1. The van der Waals surface area contributed by atoms with E-state index in [0.717, 1.165) is 17.1 Å². The molecule has 0 saturated carbocycles. The van der Waals surface area contributed by atoms with E-state index in [1.165, 1.54) is 0 Å². The van der Waals surface area contributed by atoms with Gasteiger partial charge in [0.2, 0.25) is 0 Å². The molecule has 0 saturated heterocycles. The van der Waals surface area contributed by atoms with Gasteiger partial charge in [-0.3, -0.25) is 9.67 Å². The van der Waals surface area contributed by atoms with Crippen molar-refractivity contribution >= 4 is 35.4 Å². The van der Waals surface area contributed by atoms with Crippen LogP contribution >= 0.6 is 35.4 Å². The fraction of sp³-hybridized carbons (Fsp3) is 0.0588. The van der Waals surface area contributed by atoms with Gasteiger partial charge < -0.3 is 0 Å². The summed E-state index contributed by atoms with van der Waals surface area (Å²) in [6.45, 7) is 1.92. The van der Waals surface area contributed by atoms with Gasteiger partial charge in [0.15, 0.2) is 16.3 Å². The van der Waals surface area contributed by atoms with E-state index in [0.29, 0.717) is 26.3 Å². The zero-order valence-corrected chi connectivity index (χ0v) is 15.8. The van der Waals surface area contributed by atoms with Gasteiger partial charge in [0.1, 0.15) is 0 Å². The van der Waals surface area contributed by atoms with Crippen LogP contribution in [0.1, 0.15) is 5.69 Å². The first-order chi connectivity index (χ1) is 12.5. The van der Waals surface area contributed by atoms with Gasteiger partial charge in [0.05, 0.1) is 17.1 Å². The summed E-state index contributed by atoms with van der Waals surface area (Å²) in [5.74, 6) is 0.579. The summed E-state index contributed by atoms with van der Waals surface area (Å²) in [5, 5.41) is 17.0. The molecule has 6 nitrogen and oxygen atoms in total. The topological polar surface area (TPSA) is 64.3 Å². The van der Waals surface area contributed by atoms with Crippen molar-refractivity contribution in [1.82, 2.24) is 29.8 Å². The van der Waals surface area contributed by atoms with Crippen LogP contribution in [0.5, 0.6) is 0 Å².